The van der Waals surface area contributed by atoms with E-state index >= 15 is 0 Å². The van der Waals surface area contributed by atoms with Gasteiger partial charge in [-0.1, -0.05) is 17.3 Å². The zero-order valence-corrected chi connectivity index (χ0v) is 15.6. The molecular weight excluding hydrogens is 372 g/mol. The number of fused-ring (bicyclic) bond motifs is 4. The van der Waals surface area contributed by atoms with Crippen molar-refractivity contribution in [1.29, 1.82) is 0 Å². The molecule has 9 heteroatoms. The number of ether oxygens (including phenoxy) is 1. The summed E-state index contributed by atoms with van der Waals surface area (Å²) in [6.45, 7) is 0.482. The van der Waals surface area contributed by atoms with E-state index in [2.05, 4.69) is 15.6 Å². The van der Waals surface area contributed by atoms with Crippen LogP contribution in [0.3, 0.4) is 0 Å². The van der Waals surface area contributed by atoms with Gasteiger partial charge < -0.3 is 15.8 Å². The zero-order valence-electron chi connectivity index (χ0n) is 15.6. The first-order valence-corrected chi connectivity index (χ1v) is 9.53. The number of anilines is 2. The minimum atomic E-state index is -0.387. The van der Waals surface area contributed by atoms with Crippen LogP contribution in [-0.4, -0.2) is 39.1 Å². The Bertz CT molecular complexity index is 1110. The lowest BCUT2D eigenvalue weighted by atomic mass is 10.0. The lowest BCUT2D eigenvalue weighted by Gasteiger charge is -2.16. The topological polar surface area (TPSA) is 115 Å². The largest absolute Gasteiger partial charge is 0.444 e. The van der Waals surface area contributed by atoms with Gasteiger partial charge in [0.15, 0.2) is 0 Å². The zero-order chi connectivity index (χ0) is 20.0. The van der Waals surface area contributed by atoms with Gasteiger partial charge in [-0.05, 0) is 48.7 Å². The Hall–Kier alpha value is -3.62. The number of nitrogens with two attached hydrogens (primary N) is 1. The van der Waals surface area contributed by atoms with Gasteiger partial charge in [0, 0.05) is 12.1 Å². The van der Waals surface area contributed by atoms with E-state index in [1.54, 1.807) is 9.58 Å². The molecule has 0 saturated carbocycles. The van der Waals surface area contributed by atoms with E-state index in [1.807, 2.05) is 42.5 Å². The van der Waals surface area contributed by atoms with Crippen LogP contribution in [0.2, 0.25) is 0 Å². The second-order valence-electron chi connectivity index (χ2n) is 7.32. The van der Waals surface area contributed by atoms with Crippen LogP contribution < -0.4 is 16.0 Å². The second-order valence-corrected chi connectivity index (χ2v) is 7.32. The summed E-state index contributed by atoms with van der Waals surface area (Å²) in [5.74, 6) is -0.387. The fourth-order valence-corrected chi connectivity index (χ4v) is 4.12. The number of benzene rings is 2. The highest BCUT2D eigenvalue weighted by molar-refractivity contribution is 5.94. The molecule has 0 spiro atoms. The highest BCUT2D eigenvalue weighted by Crippen LogP contribution is 2.40. The number of rotatable bonds is 6. The standard InChI is InChI=1S/C20H20N6O3/c21-19(27)8-7-18-17-10-12-9-13(5-6-15(12)26(17)20(28)29-18)22-11-25-16-4-2-1-3-14(16)23-24-25/h1-6,9,17-18,22H,7-8,10-11H2,(H2,21,27)/t17-,18-/m0/s1. The summed E-state index contributed by atoms with van der Waals surface area (Å²) in [7, 11) is 0. The number of hydrogen-bond donors (Lipinski definition) is 2. The molecule has 0 radical (unpaired) electrons. The average Bonchev–Trinajstić information content (AvgIpc) is 3.38. The van der Waals surface area contributed by atoms with Crippen molar-refractivity contribution < 1.29 is 14.3 Å². The minimum absolute atomic E-state index is 0.0913. The Morgan fingerprint density at radius 1 is 1.28 bits per heavy atom. The summed E-state index contributed by atoms with van der Waals surface area (Å²) in [6.07, 6.45) is 0.655. The Morgan fingerprint density at radius 3 is 3.00 bits per heavy atom. The van der Waals surface area contributed by atoms with Crippen LogP contribution in [0.5, 0.6) is 0 Å². The molecule has 3 heterocycles. The molecule has 3 aromatic rings. The molecule has 9 nitrogen and oxygen atoms in total. The minimum Gasteiger partial charge on any atom is -0.444 e. The van der Waals surface area contributed by atoms with Crippen molar-refractivity contribution in [3.63, 3.8) is 0 Å². The van der Waals surface area contributed by atoms with Crippen LogP contribution >= 0.6 is 0 Å². The highest BCUT2D eigenvalue weighted by Gasteiger charge is 2.47. The lowest BCUT2D eigenvalue weighted by molar-refractivity contribution is -0.118. The van der Waals surface area contributed by atoms with Crippen molar-refractivity contribution in [1.82, 2.24) is 15.0 Å². The molecule has 2 aliphatic heterocycles. The third kappa shape index (κ3) is 3.04. The molecule has 0 unspecified atom stereocenters. The van der Waals surface area contributed by atoms with Crippen molar-refractivity contribution in [2.24, 2.45) is 5.73 Å². The molecule has 148 valence electrons. The first-order valence-electron chi connectivity index (χ1n) is 9.53. The number of amides is 2. The molecule has 2 atom stereocenters. The van der Waals surface area contributed by atoms with Crippen molar-refractivity contribution in [3.05, 3.63) is 48.0 Å². The van der Waals surface area contributed by atoms with Crippen LogP contribution in [0.4, 0.5) is 16.2 Å². The van der Waals surface area contributed by atoms with Crippen molar-refractivity contribution in [3.8, 4) is 0 Å². The van der Waals surface area contributed by atoms with Crippen molar-refractivity contribution >= 4 is 34.4 Å². The normalized spacial score (nSPS) is 19.9. The molecule has 2 amide bonds. The molecule has 1 saturated heterocycles. The van der Waals surface area contributed by atoms with Gasteiger partial charge in [0.1, 0.15) is 18.3 Å². The quantitative estimate of drug-likeness (QED) is 0.663. The third-order valence-electron chi connectivity index (χ3n) is 5.51. The average molecular weight is 392 g/mol. The Kier molecular flexibility index (Phi) is 4.08. The van der Waals surface area contributed by atoms with E-state index in [4.69, 9.17) is 10.5 Å². The number of nitrogens with zero attached hydrogens (tertiary/aromatic N) is 4. The van der Waals surface area contributed by atoms with E-state index in [1.165, 1.54) is 0 Å². The fourth-order valence-electron chi connectivity index (χ4n) is 4.12. The van der Waals surface area contributed by atoms with Crippen LogP contribution in [0.25, 0.3) is 11.0 Å². The first kappa shape index (κ1) is 17.5. The van der Waals surface area contributed by atoms with Gasteiger partial charge in [-0.3, -0.25) is 9.69 Å². The number of nitrogens with one attached hydrogen (secondary N) is 1. The molecular formula is C20H20N6O3. The maximum atomic E-state index is 12.3. The SMILES string of the molecule is NC(=O)CC[C@@H]1OC(=O)N2c3ccc(NCn4nnc5ccccc54)cc3C[C@@H]12. The third-order valence-corrected chi connectivity index (χ3v) is 5.51. The van der Waals surface area contributed by atoms with E-state index in [9.17, 15) is 9.59 Å². The molecule has 5 rings (SSSR count). The Balaban J connectivity index is 1.31. The molecule has 2 aromatic carbocycles. The summed E-state index contributed by atoms with van der Waals surface area (Å²) in [5.41, 5.74) is 9.92. The highest BCUT2D eigenvalue weighted by atomic mass is 16.6. The van der Waals surface area contributed by atoms with Crippen LogP contribution in [-0.2, 0) is 22.6 Å². The Labute approximate surface area is 166 Å². The molecule has 2 aliphatic rings. The molecule has 1 aromatic heterocycles. The van der Waals surface area contributed by atoms with Crippen molar-refractivity contribution in [2.45, 2.75) is 38.1 Å². The van der Waals surface area contributed by atoms with Gasteiger partial charge in [-0.25, -0.2) is 9.48 Å². The summed E-state index contributed by atoms with van der Waals surface area (Å²) in [4.78, 5) is 25.1. The van der Waals surface area contributed by atoms with Gasteiger partial charge in [0.05, 0.1) is 17.2 Å². The van der Waals surface area contributed by atoms with E-state index in [0.717, 1.165) is 28.0 Å². The summed E-state index contributed by atoms with van der Waals surface area (Å²) in [5, 5.41) is 11.7. The number of cyclic esters (lactones) is 1. The molecule has 1 fully saturated rings. The van der Waals surface area contributed by atoms with E-state index in [0.29, 0.717) is 19.5 Å². The molecule has 0 aliphatic carbocycles. The maximum absolute atomic E-state index is 12.3. The van der Waals surface area contributed by atoms with Crippen LogP contribution in [0.15, 0.2) is 42.5 Å². The van der Waals surface area contributed by atoms with E-state index < -0.39 is 0 Å². The maximum Gasteiger partial charge on any atom is 0.415 e. The number of primary amides is 1. The fraction of sp³-hybridized carbons (Fsp3) is 0.300. The number of hydrogen-bond acceptors (Lipinski definition) is 6. The second kappa shape index (κ2) is 6.77. The smallest absolute Gasteiger partial charge is 0.415 e. The number of carbonyl (C=O) groups is 2. The summed E-state index contributed by atoms with van der Waals surface area (Å²) < 4.78 is 7.25. The van der Waals surface area contributed by atoms with Gasteiger partial charge in [0.25, 0.3) is 0 Å². The first-order chi connectivity index (χ1) is 14.1. The number of aromatic nitrogens is 3. The van der Waals surface area contributed by atoms with Gasteiger partial charge in [0.2, 0.25) is 5.91 Å². The predicted molar refractivity (Wildman–Crippen MR) is 106 cm³/mol. The molecule has 3 N–H and O–H groups in total. The Morgan fingerprint density at radius 2 is 2.14 bits per heavy atom. The van der Waals surface area contributed by atoms with E-state index in [-0.39, 0.29) is 30.6 Å². The monoisotopic (exact) mass is 392 g/mol. The van der Waals surface area contributed by atoms with Gasteiger partial charge in [-0.15, -0.1) is 5.10 Å². The van der Waals surface area contributed by atoms with Gasteiger partial charge in [-0.2, -0.15) is 0 Å². The summed E-state index contributed by atoms with van der Waals surface area (Å²) >= 11 is 0. The predicted octanol–water partition coefficient (Wildman–Crippen LogP) is 2.02. The van der Waals surface area contributed by atoms with Crippen molar-refractivity contribution in [2.75, 3.05) is 10.2 Å². The number of para-hydroxylation sites is 1. The number of carbonyl (C=O) groups excluding carboxylic acids is 2. The molecule has 29 heavy (non-hydrogen) atoms. The van der Waals surface area contributed by atoms with Gasteiger partial charge >= 0.3 is 6.09 Å². The molecule has 0 bridgehead atoms. The summed E-state index contributed by atoms with van der Waals surface area (Å²) in [6, 6.07) is 13.6. The lowest BCUT2D eigenvalue weighted by Crippen LogP contribution is -2.33. The van der Waals surface area contributed by atoms with Crippen LogP contribution in [0.1, 0.15) is 18.4 Å². The van der Waals surface area contributed by atoms with Crippen LogP contribution in [0, 0.1) is 0 Å².